The van der Waals surface area contributed by atoms with Gasteiger partial charge in [0.05, 0.1) is 18.1 Å². The monoisotopic (exact) mass is 404 g/mol. The minimum atomic E-state index is -3.57. The van der Waals surface area contributed by atoms with E-state index >= 15 is 0 Å². The Labute approximate surface area is 163 Å². The standard InChI is InChI=1S/C19H20N2O6S/c22-19(18-13-26-16-3-1-2-4-17(16)27-18)20-14-5-7-15(8-6-14)28(23,24)21-9-11-25-12-10-21/h1-8,18H,9-13H2,(H,20,22)/t18-/m0/s1. The second-order valence-electron chi connectivity index (χ2n) is 6.39. The Bertz CT molecular complexity index is 955. The topological polar surface area (TPSA) is 94.2 Å². The molecule has 28 heavy (non-hydrogen) atoms. The van der Waals surface area contributed by atoms with E-state index in [-0.39, 0.29) is 17.4 Å². The first kappa shape index (κ1) is 18.7. The third kappa shape index (κ3) is 3.82. The van der Waals surface area contributed by atoms with E-state index in [2.05, 4.69) is 5.32 Å². The summed E-state index contributed by atoms with van der Waals surface area (Å²) in [4.78, 5) is 12.6. The number of ether oxygens (including phenoxy) is 3. The van der Waals surface area contributed by atoms with Gasteiger partial charge in [-0.25, -0.2) is 8.42 Å². The summed E-state index contributed by atoms with van der Waals surface area (Å²) in [7, 11) is -3.57. The van der Waals surface area contributed by atoms with Crippen LogP contribution in [0.1, 0.15) is 0 Å². The van der Waals surface area contributed by atoms with Gasteiger partial charge in [0.15, 0.2) is 11.5 Å². The molecule has 4 rings (SSSR count). The number of carbonyl (C=O) groups is 1. The van der Waals surface area contributed by atoms with Crippen molar-refractivity contribution in [1.29, 1.82) is 0 Å². The zero-order valence-electron chi connectivity index (χ0n) is 15.0. The molecule has 0 radical (unpaired) electrons. The van der Waals surface area contributed by atoms with Gasteiger partial charge in [0, 0.05) is 18.8 Å². The van der Waals surface area contributed by atoms with Crippen LogP contribution in [0.25, 0.3) is 0 Å². The molecular formula is C19H20N2O6S. The maximum absolute atomic E-state index is 12.6. The van der Waals surface area contributed by atoms with Crippen molar-refractivity contribution in [2.75, 3.05) is 38.2 Å². The Hall–Kier alpha value is -2.62. The van der Waals surface area contributed by atoms with Crippen LogP contribution in [-0.2, 0) is 19.6 Å². The van der Waals surface area contributed by atoms with E-state index in [4.69, 9.17) is 14.2 Å². The highest BCUT2D eigenvalue weighted by atomic mass is 32.2. The lowest BCUT2D eigenvalue weighted by molar-refractivity contribution is -0.125. The molecule has 2 aliphatic heterocycles. The molecule has 0 aliphatic carbocycles. The molecule has 1 N–H and O–H groups in total. The van der Waals surface area contributed by atoms with Crippen molar-refractivity contribution < 1.29 is 27.4 Å². The minimum absolute atomic E-state index is 0.104. The molecule has 0 saturated carbocycles. The highest BCUT2D eigenvalue weighted by Gasteiger charge is 2.28. The first-order chi connectivity index (χ1) is 13.5. The number of hydrogen-bond acceptors (Lipinski definition) is 6. The predicted molar refractivity (Wildman–Crippen MR) is 101 cm³/mol. The smallest absolute Gasteiger partial charge is 0.269 e. The van der Waals surface area contributed by atoms with Gasteiger partial charge < -0.3 is 19.5 Å². The number of amides is 1. The van der Waals surface area contributed by atoms with Crippen LogP contribution in [0.3, 0.4) is 0 Å². The molecule has 1 atom stereocenters. The quantitative estimate of drug-likeness (QED) is 0.830. The fourth-order valence-corrected chi connectivity index (χ4v) is 4.43. The van der Waals surface area contributed by atoms with Crippen LogP contribution in [0.2, 0.25) is 0 Å². The lowest BCUT2D eigenvalue weighted by Gasteiger charge is -2.26. The van der Waals surface area contributed by atoms with Crippen LogP contribution in [-0.4, -0.2) is 57.6 Å². The summed E-state index contributed by atoms with van der Waals surface area (Å²) in [6.07, 6.45) is -0.786. The Morgan fingerprint density at radius 1 is 1.00 bits per heavy atom. The average Bonchev–Trinajstić information content (AvgIpc) is 2.74. The van der Waals surface area contributed by atoms with Gasteiger partial charge in [0.25, 0.3) is 5.91 Å². The van der Waals surface area contributed by atoms with Gasteiger partial charge in [-0.3, -0.25) is 4.79 Å². The number of sulfonamides is 1. The summed E-state index contributed by atoms with van der Waals surface area (Å²) in [6, 6.07) is 13.2. The number of benzene rings is 2. The van der Waals surface area contributed by atoms with Gasteiger partial charge in [0.2, 0.25) is 16.1 Å². The molecule has 2 aromatic rings. The number of rotatable bonds is 4. The van der Waals surface area contributed by atoms with Crippen molar-refractivity contribution >= 4 is 21.6 Å². The number of nitrogens with one attached hydrogen (secondary N) is 1. The zero-order valence-corrected chi connectivity index (χ0v) is 15.9. The minimum Gasteiger partial charge on any atom is -0.485 e. The van der Waals surface area contributed by atoms with Crippen molar-refractivity contribution in [2.45, 2.75) is 11.0 Å². The number of para-hydroxylation sites is 2. The third-order valence-corrected chi connectivity index (χ3v) is 6.44. The summed E-state index contributed by atoms with van der Waals surface area (Å²) < 4.78 is 43.1. The normalized spacial score (nSPS) is 19.8. The molecule has 0 bridgehead atoms. The Kier molecular flexibility index (Phi) is 5.21. The SMILES string of the molecule is O=C(Nc1ccc(S(=O)(=O)N2CCOCC2)cc1)[C@@H]1COc2ccccc2O1. The van der Waals surface area contributed by atoms with E-state index < -0.39 is 16.1 Å². The molecule has 9 heteroatoms. The summed E-state index contributed by atoms with van der Waals surface area (Å²) in [6.45, 7) is 1.55. The van der Waals surface area contributed by atoms with Crippen molar-refractivity contribution in [3.8, 4) is 11.5 Å². The lowest BCUT2D eigenvalue weighted by Crippen LogP contribution is -2.40. The molecule has 2 aliphatic rings. The highest BCUT2D eigenvalue weighted by Crippen LogP contribution is 2.31. The molecule has 8 nitrogen and oxygen atoms in total. The number of anilines is 1. The zero-order chi connectivity index (χ0) is 19.6. The van der Waals surface area contributed by atoms with Crippen molar-refractivity contribution in [1.82, 2.24) is 4.31 Å². The predicted octanol–water partition coefficient (Wildman–Crippen LogP) is 1.49. The summed E-state index contributed by atoms with van der Waals surface area (Å²) in [5.74, 6) is 0.753. The van der Waals surface area contributed by atoms with Crippen LogP contribution >= 0.6 is 0 Å². The first-order valence-corrected chi connectivity index (χ1v) is 10.4. The van der Waals surface area contributed by atoms with Crippen LogP contribution < -0.4 is 14.8 Å². The molecule has 1 fully saturated rings. The second-order valence-corrected chi connectivity index (χ2v) is 8.33. The molecule has 1 amide bonds. The molecule has 0 aromatic heterocycles. The summed E-state index contributed by atoms with van der Waals surface area (Å²) in [5, 5.41) is 2.73. The number of hydrogen-bond donors (Lipinski definition) is 1. The average molecular weight is 404 g/mol. The lowest BCUT2D eigenvalue weighted by atomic mass is 10.2. The highest BCUT2D eigenvalue weighted by molar-refractivity contribution is 7.89. The summed E-state index contributed by atoms with van der Waals surface area (Å²) in [5.41, 5.74) is 0.480. The molecule has 0 spiro atoms. The molecule has 1 saturated heterocycles. The van der Waals surface area contributed by atoms with Gasteiger partial charge in [0.1, 0.15) is 6.61 Å². The van der Waals surface area contributed by atoms with Crippen molar-refractivity contribution in [3.05, 3.63) is 48.5 Å². The van der Waals surface area contributed by atoms with Crippen LogP contribution in [0.15, 0.2) is 53.4 Å². The Morgan fingerprint density at radius 2 is 1.68 bits per heavy atom. The maximum atomic E-state index is 12.6. The molecule has 2 heterocycles. The van der Waals surface area contributed by atoms with Gasteiger partial charge in [-0.1, -0.05) is 12.1 Å². The second kappa shape index (κ2) is 7.78. The third-order valence-electron chi connectivity index (χ3n) is 4.53. The molecular weight excluding hydrogens is 384 g/mol. The van der Waals surface area contributed by atoms with Gasteiger partial charge in [-0.05, 0) is 36.4 Å². The van der Waals surface area contributed by atoms with Crippen LogP contribution in [0.5, 0.6) is 11.5 Å². The number of nitrogens with zero attached hydrogens (tertiary/aromatic N) is 1. The van der Waals surface area contributed by atoms with Crippen molar-refractivity contribution in [3.63, 3.8) is 0 Å². The van der Waals surface area contributed by atoms with E-state index in [1.165, 1.54) is 16.4 Å². The Balaban J connectivity index is 1.41. The van der Waals surface area contributed by atoms with Gasteiger partial charge >= 0.3 is 0 Å². The van der Waals surface area contributed by atoms with E-state index in [1.54, 1.807) is 30.3 Å². The number of morpholine rings is 1. The van der Waals surface area contributed by atoms with E-state index in [0.717, 1.165) is 0 Å². The van der Waals surface area contributed by atoms with Crippen LogP contribution in [0, 0.1) is 0 Å². The van der Waals surface area contributed by atoms with Crippen molar-refractivity contribution in [2.24, 2.45) is 0 Å². The van der Waals surface area contributed by atoms with Crippen LogP contribution in [0.4, 0.5) is 5.69 Å². The fraction of sp³-hybridized carbons (Fsp3) is 0.316. The van der Waals surface area contributed by atoms with E-state index in [0.29, 0.717) is 43.5 Å². The largest absolute Gasteiger partial charge is 0.485 e. The van der Waals surface area contributed by atoms with Gasteiger partial charge in [-0.15, -0.1) is 0 Å². The fourth-order valence-electron chi connectivity index (χ4n) is 3.02. The Morgan fingerprint density at radius 3 is 2.39 bits per heavy atom. The first-order valence-electron chi connectivity index (χ1n) is 8.91. The number of carbonyl (C=O) groups excluding carboxylic acids is 1. The molecule has 2 aromatic carbocycles. The molecule has 0 unspecified atom stereocenters. The maximum Gasteiger partial charge on any atom is 0.269 e. The van der Waals surface area contributed by atoms with E-state index in [9.17, 15) is 13.2 Å². The number of fused-ring (bicyclic) bond motifs is 1. The summed E-state index contributed by atoms with van der Waals surface area (Å²) >= 11 is 0. The van der Waals surface area contributed by atoms with Gasteiger partial charge in [-0.2, -0.15) is 4.31 Å². The van der Waals surface area contributed by atoms with E-state index in [1.807, 2.05) is 6.07 Å². The molecule has 148 valence electrons.